The average Bonchev–Trinajstić information content (AvgIpc) is 2.82. The summed E-state index contributed by atoms with van der Waals surface area (Å²) in [6.07, 6.45) is 1.55. The van der Waals surface area contributed by atoms with Gasteiger partial charge in [0.25, 0.3) is 0 Å². The quantitative estimate of drug-likeness (QED) is 0.723. The van der Waals surface area contributed by atoms with Crippen molar-refractivity contribution in [3.8, 4) is 11.6 Å². The highest BCUT2D eigenvalue weighted by atomic mass is 35.5. The maximum atomic E-state index is 5.92. The van der Waals surface area contributed by atoms with Crippen LogP contribution in [0, 0.1) is 0 Å². The number of H-pyrrole nitrogens is 1. The van der Waals surface area contributed by atoms with Gasteiger partial charge < -0.3 is 4.74 Å². The Hall–Kier alpha value is -1.56. The molecule has 0 saturated heterocycles. The van der Waals surface area contributed by atoms with E-state index in [2.05, 4.69) is 20.2 Å². The van der Waals surface area contributed by atoms with Crippen LogP contribution in [0.3, 0.4) is 0 Å². The first kappa shape index (κ1) is 12.5. The lowest BCUT2D eigenvalue weighted by molar-refractivity contribution is 0.468. The van der Waals surface area contributed by atoms with Gasteiger partial charge in [-0.1, -0.05) is 23.2 Å². The van der Waals surface area contributed by atoms with Crippen LogP contribution in [0.15, 0.2) is 24.4 Å². The van der Waals surface area contributed by atoms with Gasteiger partial charge in [0.15, 0.2) is 5.65 Å². The first-order chi connectivity index (χ1) is 9.13. The van der Waals surface area contributed by atoms with Gasteiger partial charge in [0.1, 0.15) is 11.1 Å². The first-order valence-corrected chi connectivity index (χ1v) is 6.26. The van der Waals surface area contributed by atoms with Crippen LogP contribution >= 0.6 is 34.8 Å². The summed E-state index contributed by atoms with van der Waals surface area (Å²) in [5, 5.41) is 8.08. The summed E-state index contributed by atoms with van der Waals surface area (Å²) >= 11 is 17.6. The van der Waals surface area contributed by atoms with Crippen LogP contribution in [0.1, 0.15) is 0 Å². The largest absolute Gasteiger partial charge is 0.438 e. The van der Waals surface area contributed by atoms with E-state index in [0.29, 0.717) is 32.7 Å². The van der Waals surface area contributed by atoms with E-state index in [1.807, 2.05) is 0 Å². The average molecular weight is 316 g/mol. The second-order valence-corrected chi connectivity index (χ2v) is 4.76. The fraction of sp³-hybridized carbons (Fsp3) is 0. The minimum atomic E-state index is 0.0619. The Labute approximate surface area is 122 Å². The predicted molar refractivity (Wildman–Crippen MR) is 73.2 cm³/mol. The van der Waals surface area contributed by atoms with Gasteiger partial charge in [-0.05, 0) is 23.7 Å². The van der Waals surface area contributed by atoms with E-state index in [0.717, 1.165) is 0 Å². The lowest BCUT2D eigenvalue weighted by atomic mass is 10.3. The SMILES string of the molecule is Clc1nc(Oc2ccc(Cl)c(Cl)c2)c2cn[nH]c2n1. The fourth-order valence-corrected chi connectivity index (χ4v) is 1.96. The van der Waals surface area contributed by atoms with E-state index in [4.69, 9.17) is 39.5 Å². The van der Waals surface area contributed by atoms with Gasteiger partial charge in [0, 0.05) is 6.07 Å². The summed E-state index contributed by atoms with van der Waals surface area (Å²) in [6.45, 7) is 0. The highest BCUT2D eigenvalue weighted by Crippen LogP contribution is 2.31. The molecule has 0 aliphatic heterocycles. The van der Waals surface area contributed by atoms with Crippen molar-refractivity contribution in [2.75, 3.05) is 0 Å². The summed E-state index contributed by atoms with van der Waals surface area (Å²) in [6, 6.07) is 4.90. The Kier molecular flexibility index (Phi) is 3.18. The summed E-state index contributed by atoms with van der Waals surface area (Å²) in [5.74, 6) is 0.786. The number of nitrogens with one attached hydrogen (secondary N) is 1. The lowest BCUT2D eigenvalue weighted by Crippen LogP contribution is -1.92. The maximum absolute atomic E-state index is 5.92. The van der Waals surface area contributed by atoms with Crippen molar-refractivity contribution >= 4 is 45.8 Å². The normalized spacial score (nSPS) is 10.9. The number of hydrogen-bond donors (Lipinski definition) is 1. The molecule has 0 spiro atoms. The van der Waals surface area contributed by atoms with Crippen molar-refractivity contribution in [1.82, 2.24) is 20.2 Å². The van der Waals surface area contributed by atoms with Gasteiger partial charge in [0.2, 0.25) is 11.2 Å². The van der Waals surface area contributed by atoms with E-state index in [9.17, 15) is 0 Å². The van der Waals surface area contributed by atoms with E-state index >= 15 is 0 Å². The minimum absolute atomic E-state index is 0.0619. The predicted octanol–water partition coefficient (Wildman–Crippen LogP) is 4.11. The molecule has 2 aromatic heterocycles. The Morgan fingerprint density at radius 2 is 1.89 bits per heavy atom. The molecule has 1 N–H and O–H groups in total. The van der Waals surface area contributed by atoms with Crippen molar-refractivity contribution in [2.24, 2.45) is 0 Å². The van der Waals surface area contributed by atoms with Gasteiger partial charge in [-0.2, -0.15) is 15.1 Å². The second kappa shape index (κ2) is 4.85. The number of rotatable bonds is 2. The van der Waals surface area contributed by atoms with Gasteiger partial charge >= 0.3 is 0 Å². The molecular weight excluding hydrogens is 311 g/mol. The molecule has 0 atom stereocenters. The van der Waals surface area contributed by atoms with Crippen LogP contribution < -0.4 is 4.74 Å². The van der Waals surface area contributed by atoms with Crippen molar-refractivity contribution in [3.63, 3.8) is 0 Å². The number of benzene rings is 1. The molecule has 96 valence electrons. The topological polar surface area (TPSA) is 63.7 Å². The molecule has 0 saturated carbocycles. The van der Waals surface area contributed by atoms with E-state index in [1.54, 1.807) is 24.4 Å². The van der Waals surface area contributed by atoms with Crippen LogP contribution in [0.4, 0.5) is 0 Å². The lowest BCUT2D eigenvalue weighted by Gasteiger charge is -2.06. The summed E-state index contributed by atoms with van der Waals surface area (Å²) in [5.41, 5.74) is 0.495. The number of nitrogens with zero attached hydrogens (tertiary/aromatic N) is 3. The van der Waals surface area contributed by atoms with E-state index < -0.39 is 0 Å². The van der Waals surface area contributed by atoms with Crippen LogP contribution in [0.5, 0.6) is 11.6 Å². The molecule has 8 heteroatoms. The highest BCUT2D eigenvalue weighted by molar-refractivity contribution is 6.42. The standard InChI is InChI=1S/C11H5Cl3N4O/c12-7-2-1-5(3-8(7)13)19-10-6-4-15-18-9(6)16-11(14)17-10/h1-4H,(H,15,16,17,18). The molecule has 2 heterocycles. The summed E-state index contributed by atoms with van der Waals surface area (Å²) in [4.78, 5) is 8.00. The molecule has 0 amide bonds. The number of hydrogen-bond acceptors (Lipinski definition) is 4. The molecule has 19 heavy (non-hydrogen) atoms. The smallest absolute Gasteiger partial charge is 0.234 e. The molecular formula is C11H5Cl3N4O. The van der Waals surface area contributed by atoms with E-state index in [1.165, 1.54) is 0 Å². The third-order valence-electron chi connectivity index (χ3n) is 2.35. The molecule has 0 radical (unpaired) electrons. The Balaban J connectivity index is 2.04. The van der Waals surface area contributed by atoms with Crippen molar-refractivity contribution in [1.29, 1.82) is 0 Å². The molecule has 0 bridgehead atoms. The van der Waals surface area contributed by atoms with Gasteiger partial charge in [-0.15, -0.1) is 0 Å². The third kappa shape index (κ3) is 2.45. The van der Waals surface area contributed by atoms with Crippen LogP contribution in [0.2, 0.25) is 15.3 Å². The molecule has 5 nitrogen and oxygen atoms in total. The Morgan fingerprint density at radius 3 is 2.68 bits per heavy atom. The molecule has 0 unspecified atom stereocenters. The number of aromatic amines is 1. The third-order valence-corrected chi connectivity index (χ3v) is 3.26. The van der Waals surface area contributed by atoms with Gasteiger partial charge in [-0.25, -0.2) is 0 Å². The zero-order valence-electron chi connectivity index (χ0n) is 9.19. The molecule has 0 fully saturated rings. The molecule has 0 aliphatic rings. The van der Waals surface area contributed by atoms with E-state index in [-0.39, 0.29) is 5.28 Å². The molecule has 0 aliphatic carbocycles. The second-order valence-electron chi connectivity index (χ2n) is 3.61. The first-order valence-electron chi connectivity index (χ1n) is 5.13. The van der Waals surface area contributed by atoms with Crippen molar-refractivity contribution in [2.45, 2.75) is 0 Å². The molecule has 1 aromatic carbocycles. The van der Waals surface area contributed by atoms with Crippen LogP contribution in [-0.4, -0.2) is 20.2 Å². The Morgan fingerprint density at radius 1 is 1.05 bits per heavy atom. The zero-order valence-corrected chi connectivity index (χ0v) is 11.5. The van der Waals surface area contributed by atoms with Crippen LogP contribution in [-0.2, 0) is 0 Å². The minimum Gasteiger partial charge on any atom is -0.438 e. The summed E-state index contributed by atoms with van der Waals surface area (Å²) in [7, 11) is 0. The van der Waals surface area contributed by atoms with Crippen LogP contribution in [0.25, 0.3) is 11.0 Å². The summed E-state index contributed by atoms with van der Waals surface area (Å²) < 4.78 is 5.63. The number of halogens is 3. The fourth-order valence-electron chi connectivity index (χ4n) is 1.51. The number of aromatic nitrogens is 4. The molecule has 3 aromatic rings. The van der Waals surface area contributed by atoms with Gasteiger partial charge in [-0.3, -0.25) is 5.10 Å². The van der Waals surface area contributed by atoms with Gasteiger partial charge in [0.05, 0.1) is 16.2 Å². The maximum Gasteiger partial charge on any atom is 0.234 e. The number of ether oxygens (including phenoxy) is 1. The monoisotopic (exact) mass is 314 g/mol. The highest BCUT2D eigenvalue weighted by Gasteiger charge is 2.11. The number of fused-ring (bicyclic) bond motifs is 1. The zero-order chi connectivity index (χ0) is 13.4. The molecule has 3 rings (SSSR count). The van der Waals surface area contributed by atoms with Crippen molar-refractivity contribution in [3.05, 3.63) is 39.7 Å². The Bertz CT molecular complexity index is 759. The van der Waals surface area contributed by atoms with Crippen molar-refractivity contribution < 1.29 is 4.74 Å².